The number of ether oxygens (including phenoxy) is 4. The minimum absolute atomic E-state index is 0.0121. The SMILES string of the molecule is CC[C@]12C=CCN3CC[C@@]4(c5cc([C@@]6(C(=O)OC)C[C@H]7CC(C(C)(F)F)CN(Cc8c6[nH]c6ccc(S(=O)(=O)NC)cc86)C7)c(OC)cc5N(C)[C@H]4[C@@](O)(C(=O)OC)[C@@H]1OC(C)=O)[C@@H]32. The van der Waals surface area contributed by atoms with Crippen molar-refractivity contribution >= 4 is 44.5 Å². The molecule has 6 aliphatic rings. The first-order valence-corrected chi connectivity index (χ1v) is 23.3. The second-order valence-electron chi connectivity index (χ2n) is 18.9. The molecule has 2 aromatic carbocycles. The number of carbonyl (C=O) groups is 3. The van der Waals surface area contributed by atoms with E-state index in [0.29, 0.717) is 71.5 Å². The van der Waals surface area contributed by atoms with Crippen LogP contribution in [0, 0.1) is 17.3 Å². The topological polar surface area (TPSA) is 180 Å². The van der Waals surface area contributed by atoms with E-state index in [2.05, 4.69) is 14.6 Å². The number of alkyl halides is 2. The minimum atomic E-state index is -3.93. The Labute approximate surface area is 371 Å². The monoisotopic (exact) mass is 909 g/mol. The van der Waals surface area contributed by atoms with Gasteiger partial charge >= 0.3 is 17.9 Å². The predicted octanol–water partition coefficient (Wildman–Crippen LogP) is 3.99. The Bertz CT molecular complexity index is 2600. The lowest BCUT2D eigenvalue weighted by molar-refractivity contribution is -0.228. The molecule has 5 aliphatic heterocycles. The first-order chi connectivity index (χ1) is 30.2. The van der Waals surface area contributed by atoms with Crippen molar-refractivity contribution in [2.75, 3.05) is 66.5 Å². The van der Waals surface area contributed by atoms with E-state index < -0.39 is 85.7 Å². The highest BCUT2D eigenvalue weighted by molar-refractivity contribution is 7.89. The molecule has 3 fully saturated rings. The molecule has 2 unspecified atom stereocenters. The van der Waals surface area contributed by atoms with E-state index in [1.54, 1.807) is 19.2 Å². The standard InChI is InChI=1S/C46H57F2N5O10S/c1-9-43-13-10-15-53-16-14-44(37(43)53)31-19-32(35(60-6)20-34(31)51(5)38(44)46(57,41(56)62-8)39(43)63-25(2)54)45(40(55)61-7)21-26-17-27(42(3,47)48)23-52(22-26)24-30-29-18-28(64(58,59)49-4)11-12-33(29)50-36(30)45/h10-13,18-20,26-27,37-39,49-50,57H,9,14-17,21-24H2,1-8H3/t26-,27?,37+,38-,39-,43-,44-,45+,46+/m1/s1. The van der Waals surface area contributed by atoms with Gasteiger partial charge in [0, 0.05) is 96.9 Å². The first-order valence-electron chi connectivity index (χ1n) is 21.9. The minimum Gasteiger partial charge on any atom is -0.496 e. The number of esters is 3. The summed E-state index contributed by atoms with van der Waals surface area (Å²) in [6, 6.07) is 6.89. The molecule has 9 rings (SSSR count). The van der Waals surface area contributed by atoms with Crippen LogP contribution in [0.15, 0.2) is 47.4 Å². The molecule has 0 amide bonds. The number of carbonyl (C=O) groups excluding carboxylic acids is 3. The van der Waals surface area contributed by atoms with Crippen molar-refractivity contribution in [2.24, 2.45) is 17.3 Å². The summed E-state index contributed by atoms with van der Waals surface area (Å²) in [6.07, 6.45) is 3.56. The fourth-order valence-electron chi connectivity index (χ4n) is 13.5. The predicted molar refractivity (Wildman–Crippen MR) is 231 cm³/mol. The van der Waals surface area contributed by atoms with Crippen molar-refractivity contribution in [3.8, 4) is 5.75 Å². The zero-order valence-electron chi connectivity index (χ0n) is 37.4. The maximum absolute atomic E-state index is 15.5. The Hall–Kier alpha value is -4.62. The van der Waals surface area contributed by atoms with Crippen LogP contribution >= 0.6 is 0 Å². The summed E-state index contributed by atoms with van der Waals surface area (Å²) in [7, 11) is 3.12. The Kier molecular flexibility index (Phi) is 10.4. The van der Waals surface area contributed by atoms with Gasteiger partial charge in [-0.1, -0.05) is 19.1 Å². The number of sulfonamides is 1. The molecule has 15 nitrogen and oxygen atoms in total. The molecule has 3 N–H and O–H groups in total. The van der Waals surface area contributed by atoms with E-state index in [1.165, 1.54) is 47.4 Å². The van der Waals surface area contributed by atoms with Gasteiger partial charge in [0.25, 0.3) is 0 Å². The van der Waals surface area contributed by atoms with Crippen LogP contribution in [0.25, 0.3) is 10.9 Å². The lowest BCUT2D eigenvalue weighted by atomic mass is 9.47. The number of aromatic nitrogens is 1. The summed E-state index contributed by atoms with van der Waals surface area (Å²) in [4.78, 5) is 52.4. The molecular weight excluding hydrogens is 853 g/mol. The second-order valence-corrected chi connectivity index (χ2v) is 20.8. The molecule has 0 radical (unpaired) electrons. The average Bonchev–Trinajstić information content (AvgIpc) is 3.91. The number of halogens is 2. The average molecular weight is 910 g/mol. The van der Waals surface area contributed by atoms with Crippen LogP contribution in [-0.2, 0) is 56.0 Å². The molecule has 1 spiro atoms. The van der Waals surface area contributed by atoms with Gasteiger partial charge in [-0.25, -0.2) is 26.7 Å². The highest BCUT2D eigenvalue weighted by Gasteiger charge is 2.80. The summed E-state index contributed by atoms with van der Waals surface area (Å²) < 4.78 is 83.4. The van der Waals surface area contributed by atoms with Crippen molar-refractivity contribution in [1.29, 1.82) is 0 Å². The molecule has 6 heterocycles. The Balaban J connectivity index is 1.37. The molecule has 1 aliphatic carbocycles. The quantitative estimate of drug-likeness (QED) is 0.160. The molecule has 18 heteroatoms. The van der Waals surface area contributed by atoms with Crippen LogP contribution in [0.2, 0.25) is 0 Å². The van der Waals surface area contributed by atoms with E-state index in [1.807, 2.05) is 34.9 Å². The highest BCUT2D eigenvalue weighted by Crippen LogP contribution is 2.68. The van der Waals surface area contributed by atoms with Crippen LogP contribution in [0.5, 0.6) is 5.75 Å². The van der Waals surface area contributed by atoms with Gasteiger partial charge in [0.1, 0.15) is 11.2 Å². The molecule has 3 aromatic rings. The van der Waals surface area contributed by atoms with E-state index in [0.717, 1.165) is 6.92 Å². The fourth-order valence-corrected chi connectivity index (χ4v) is 14.3. The van der Waals surface area contributed by atoms with Crippen LogP contribution in [0.1, 0.15) is 68.8 Å². The number of nitrogens with one attached hydrogen (secondary N) is 2. The van der Waals surface area contributed by atoms with E-state index in [9.17, 15) is 23.1 Å². The number of fused-ring (bicyclic) bond motifs is 6. The number of hydrogen-bond acceptors (Lipinski definition) is 13. The summed E-state index contributed by atoms with van der Waals surface area (Å²) in [5, 5.41) is 13.8. The second kappa shape index (κ2) is 15.0. The van der Waals surface area contributed by atoms with Gasteiger partial charge in [0.2, 0.25) is 21.5 Å². The van der Waals surface area contributed by atoms with Crippen molar-refractivity contribution in [3.05, 3.63) is 64.9 Å². The first kappa shape index (κ1) is 44.6. The maximum atomic E-state index is 15.5. The summed E-state index contributed by atoms with van der Waals surface area (Å²) in [6.45, 7) is 5.82. The van der Waals surface area contributed by atoms with Crippen molar-refractivity contribution in [3.63, 3.8) is 0 Å². The van der Waals surface area contributed by atoms with Gasteiger partial charge in [-0.2, -0.15) is 0 Å². The number of H-pyrrole nitrogens is 1. The van der Waals surface area contributed by atoms with Gasteiger partial charge in [0.15, 0.2) is 6.10 Å². The van der Waals surface area contributed by atoms with Crippen molar-refractivity contribution < 1.29 is 55.6 Å². The summed E-state index contributed by atoms with van der Waals surface area (Å²) >= 11 is 0. The molecule has 2 saturated heterocycles. The molecule has 1 aromatic heterocycles. The summed E-state index contributed by atoms with van der Waals surface area (Å²) in [5.74, 6) is -6.58. The van der Waals surface area contributed by atoms with Gasteiger partial charge in [0.05, 0.1) is 32.3 Å². The third-order valence-electron chi connectivity index (χ3n) is 15.9. The van der Waals surface area contributed by atoms with Gasteiger partial charge in [-0.3, -0.25) is 19.4 Å². The number of anilines is 1. The van der Waals surface area contributed by atoms with Gasteiger partial charge < -0.3 is 33.9 Å². The number of benzene rings is 2. The van der Waals surface area contributed by atoms with Crippen LogP contribution < -0.4 is 14.4 Å². The molecule has 346 valence electrons. The van der Waals surface area contributed by atoms with E-state index >= 15 is 13.6 Å². The van der Waals surface area contributed by atoms with Crippen LogP contribution in [-0.4, -0.2) is 138 Å². The number of rotatable bonds is 9. The zero-order valence-corrected chi connectivity index (χ0v) is 38.2. The third kappa shape index (κ3) is 5.86. The van der Waals surface area contributed by atoms with Crippen molar-refractivity contribution in [1.82, 2.24) is 19.5 Å². The maximum Gasteiger partial charge on any atom is 0.344 e. The largest absolute Gasteiger partial charge is 0.496 e. The summed E-state index contributed by atoms with van der Waals surface area (Å²) in [5.41, 5.74) is -3.09. The van der Waals surface area contributed by atoms with Crippen LogP contribution in [0.3, 0.4) is 0 Å². The molecule has 64 heavy (non-hydrogen) atoms. The molecule has 10 atom stereocenters. The number of methoxy groups -OCH3 is 3. The third-order valence-corrected chi connectivity index (χ3v) is 17.3. The number of nitrogens with zero attached hydrogens (tertiary/aromatic N) is 3. The number of aliphatic hydroxyl groups is 1. The van der Waals surface area contributed by atoms with Crippen molar-refractivity contribution in [2.45, 2.75) is 98.4 Å². The van der Waals surface area contributed by atoms with Gasteiger partial charge in [-0.05, 0) is 87.5 Å². The van der Waals surface area contributed by atoms with Crippen LogP contribution in [0.4, 0.5) is 14.5 Å². The molecule has 2 bridgehead atoms. The van der Waals surface area contributed by atoms with Gasteiger partial charge in [-0.15, -0.1) is 0 Å². The molecule has 1 saturated carbocycles. The number of hydrogen-bond donors (Lipinski definition) is 3. The number of piperidine rings is 1. The van der Waals surface area contributed by atoms with E-state index in [-0.39, 0.29) is 36.6 Å². The smallest absolute Gasteiger partial charge is 0.344 e. The zero-order chi connectivity index (χ0) is 46.1. The lowest BCUT2D eigenvalue weighted by Gasteiger charge is -2.63. The Morgan fingerprint density at radius 3 is 2.42 bits per heavy atom. The Morgan fingerprint density at radius 2 is 1.78 bits per heavy atom. The lowest BCUT2D eigenvalue weighted by Crippen LogP contribution is -2.81. The number of likely N-dealkylation sites (N-methyl/N-ethyl adjacent to an activating group) is 1. The Morgan fingerprint density at radius 1 is 1.05 bits per heavy atom. The normalized spacial score (nSPS) is 34.2. The number of aromatic amines is 1. The molecular formula is C46H57F2N5O10S. The fraction of sp³-hybridized carbons (Fsp3) is 0.587. The van der Waals surface area contributed by atoms with E-state index in [4.69, 9.17) is 18.9 Å². The highest BCUT2D eigenvalue weighted by atomic mass is 32.2.